The molecule has 0 spiro atoms. The lowest BCUT2D eigenvalue weighted by atomic mass is 9.97. The molecular formula is C15H21N5O2. The Morgan fingerprint density at radius 2 is 2.14 bits per heavy atom. The van der Waals surface area contributed by atoms with E-state index in [9.17, 15) is 4.79 Å². The van der Waals surface area contributed by atoms with Crippen molar-refractivity contribution in [1.82, 2.24) is 24.9 Å². The molecule has 2 saturated heterocycles. The van der Waals surface area contributed by atoms with Crippen molar-refractivity contribution in [2.75, 3.05) is 26.3 Å². The maximum absolute atomic E-state index is 12.4. The molecule has 1 unspecified atom stereocenters. The molecular weight excluding hydrogens is 282 g/mol. The van der Waals surface area contributed by atoms with Crippen molar-refractivity contribution in [3.8, 4) is 0 Å². The van der Waals surface area contributed by atoms with Gasteiger partial charge in [-0.05, 0) is 25.3 Å². The van der Waals surface area contributed by atoms with Gasteiger partial charge >= 0.3 is 0 Å². The van der Waals surface area contributed by atoms with E-state index in [1.807, 2.05) is 0 Å². The summed E-state index contributed by atoms with van der Waals surface area (Å²) in [4.78, 5) is 19.8. The lowest BCUT2D eigenvalue weighted by Crippen LogP contribution is -2.23. The molecule has 118 valence electrons. The van der Waals surface area contributed by atoms with E-state index in [1.54, 1.807) is 10.7 Å². The molecule has 22 heavy (non-hydrogen) atoms. The Morgan fingerprint density at radius 1 is 1.32 bits per heavy atom. The molecule has 7 heteroatoms. The second-order valence-electron chi connectivity index (χ2n) is 6.38. The van der Waals surface area contributed by atoms with E-state index >= 15 is 0 Å². The first-order valence-corrected chi connectivity index (χ1v) is 8.00. The van der Waals surface area contributed by atoms with Crippen LogP contribution in [0.4, 0.5) is 0 Å². The fourth-order valence-corrected chi connectivity index (χ4v) is 3.51. The maximum atomic E-state index is 12.4. The Bertz CT molecular complexity index is 731. The summed E-state index contributed by atoms with van der Waals surface area (Å²) in [5.74, 6) is 2.70. The topological polar surface area (TPSA) is 84.3 Å². The van der Waals surface area contributed by atoms with Crippen LogP contribution in [-0.2, 0) is 4.74 Å². The van der Waals surface area contributed by atoms with E-state index < -0.39 is 0 Å². The van der Waals surface area contributed by atoms with Crippen molar-refractivity contribution in [2.45, 2.75) is 31.6 Å². The summed E-state index contributed by atoms with van der Waals surface area (Å²) in [5.41, 5.74) is 0.429. The van der Waals surface area contributed by atoms with Gasteiger partial charge in [-0.15, -0.1) is 0 Å². The third-order valence-electron chi connectivity index (χ3n) is 4.90. The van der Waals surface area contributed by atoms with E-state index in [4.69, 9.17) is 9.84 Å². The van der Waals surface area contributed by atoms with Crippen LogP contribution in [0.2, 0.25) is 0 Å². The fourth-order valence-electron chi connectivity index (χ4n) is 3.51. The second-order valence-corrected chi connectivity index (χ2v) is 6.38. The summed E-state index contributed by atoms with van der Waals surface area (Å²) in [7, 11) is 0. The number of rotatable bonds is 2. The monoisotopic (exact) mass is 303 g/mol. The van der Waals surface area contributed by atoms with Crippen molar-refractivity contribution < 1.29 is 4.74 Å². The van der Waals surface area contributed by atoms with Gasteiger partial charge in [0.1, 0.15) is 11.6 Å². The lowest BCUT2D eigenvalue weighted by molar-refractivity contribution is 0.0832. The quantitative estimate of drug-likeness (QED) is 0.850. The van der Waals surface area contributed by atoms with E-state index in [1.165, 1.54) is 0 Å². The lowest BCUT2D eigenvalue weighted by Gasteiger charge is -2.21. The largest absolute Gasteiger partial charge is 0.381 e. The molecule has 2 aliphatic rings. The van der Waals surface area contributed by atoms with Crippen molar-refractivity contribution in [3.63, 3.8) is 0 Å². The summed E-state index contributed by atoms with van der Waals surface area (Å²) < 4.78 is 7.18. The van der Waals surface area contributed by atoms with Crippen LogP contribution in [0.15, 0.2) is 11.0 Å². The summed E-state index contributed by atoms with van der Waals surface area (Å²) in [6.45, 7) is 5.50. The SMILES string of the molecule is CC1CNC[C@H]1c1nn2c(C3CCOCC3)ncc2c(=O)[nH]1. The van der Waals surface area contributed by atoms with Gasteiger partial charge in [0.15, 0.2) is 5.52 Å². The van der Waals surface area contributed by atoms with E-state index in [-0.39, 0.29) is 11.5 Å². The Kier molecular flexibility index (Phi) is 3.46. The smallest absolute Gasteiger partial charge is 0.276 e. The molecule has 4 rings (SSSR count). The van der Waals surface area contributed by atoms with Gasteiger partial charge in [-0.1, -0.05) is 6.92 Å². The zero-order chi connectivity index (χ0) is 15.1. The van der Waals surface area contributed by atoms with Gasteiger partial charge in [-0.2, -0.15) is 5.10 Å². The molecule has 2 N–H and O–H groups in total. The van der Waals surface area contributed by atoms with E-state index in [0.717, 1.165) is 50.8 Å². The zero-order valence-electron chi connectivity index (χ0n) is 12.7. The molecule has 4 heterocycles. The first-order chi connectivity index (χ1) is 10.7. The first kappa shape index (κ1) is 13.9. The van der Waals surface area contributed by atoms with Crippen LogP contribution in [0.25, 0.3) is 5.52 Å². The predicted molar refractivity (Wildman–Crippen MR) is 81.2 cm³/mol. The number of hydrogen-bond donors (Lipinski definition) is 2. The van der Waals surface area contributed by atoms with Crippen molar-refractivity contribution >= 4 is 5.52 Å². The summed E-state index contributed by atoms with van der Waals surface area (Å²) >= 11 is 0. The number of imidazole rings is 1. The van der Waals surface area contributed by atoms with Crippen LogP contribution in [0.5, 0.6) is 0 Å². The average Bonchev–Trinajstić information content (AvgIpc) is 3.14. The average molecular weight is 303 g/mol. The number of aromatic nitrogens is 4. The second kappa shape index (κ2) is 5.48. The Labute approximate surface area is 128 Å². The molecule has 0 bridgehead atoms. The highest BCUT2D eigenvalue weighted by Crippen LogP contribution is 2.27. The summed E-state index contributed by atoms with van der Waals surface area (Å²) in [5, 5.41) is 8.08. The van der Waals surface area contributed by atoms with Gasteiger partial charge in [0.05, 0.1) is 6.20 Å². The predicted octanol–water partition coefficient (Wildman–Crippen LogP) is 0.634. The number of ether oxygens (including phenoxy) is 1. The standard InChI is InChI=1S/C15H21N5O2/c1-9-6-16-7-11(9)13-18-15(21)12-8-17-14(20(12)19-13)10-2-4-22-5-3-10/h8-11,16H,2-7H2,1H3,(H,18,19,21)/t9?,11-/m1/s1. The van der Waals surface area contributed by atoms with Gasteiger partial charge in [-0.25, -0.2) is 9.50 Å². The Morgan fingerprint density at radius 3 is 2.86 bits per heavy atom. The molecule has 0 amide bonds. The van der Waals surface area contributed by atoms with E-state index in [0.29, 0.717) is 17.4 Å². The number of nitrogens with one attached hydrogen (secondary N) is 2. The van der Waals surface area contributed by atoms with Crippen molar-refractivity contribution in [3.05, 3.63) is 28.2 Å². The van der Waals surface area contributed by atoms with Gasteiger partial charge < -0.3 is 15.0 Å². The molecule has 7 nitrogen and oxygen atoms in total. The molecule has 2 atom stereocenters. The van der Waals surface area contributed by atoms with Crippen LogP contribution in [0, 0.1) is 5.92 Å². The number of H-pyrrole nitrogens is 1. The molecule has 2 aliphatic heterocycles. The normalized spacial score (nSPS) is 26.8. The van der Waals surface area contributed by atoms with Crippen LogP contribution in [0.1, 0.15) is 43.3 Å². The summed E-state index contributed by atoms with van der Waals surface area (Å²) in [6, 6.07) is 0. The molecule has 0 aromatic carbocycles. The molecule has 2 fully saturated rings. The molecule has 2 aromatic rings. The number of aromatic amines is 1. The van der Waals surface area contributed by atoms with Gasteiger partial charge in [-0.3, -0.25) is 4.79 Å². The Hall–Kier alpha value is -1.73. The number of nitrogens with zero attached hydrogens (tertiary/aromatic N) is 3. The third kappa shape index (κ3) is 2.24. The highest BCUT2D eigenvalue weighted by Gasteiger charge is 2.28. The minimum absolute atomic E-state index is 0.102. The van der Waals surface area contributed by atoms with Gasteiger partial charge in [0.2, 0.25) is 0 Å². The number of fused-ring (bicyclic) bond motifs is 1. The van der Waals surface area contributed by atoms with E-state index in [2.05, 4.69) is 22.2 Å². The van der Waals surface area contributed by atoms with Crippen LogP contribution in [-0.4, -0.2) is 45.9 Å². The zero-order valence-corrected chi connectivity index (χ0v) is 12.7. The molecule has 0 aliphatic carbocycles. The summed E-state index contributed by atoms with van der Waals surface area (Å²) in [6.07, 6.45) is 3.51. The highest BCUT2D eigenvalue weighted by molar-refractivity contribution is 5.42. The van der Waals surface area contributed by atoms with Crippen LogP contribution >= 0.6 is 0 Å². The fraction of sp³-hybridized carbons (Fsp3) is 0.667. The molecule has 0 radical (unpaired) electrons. The van der Waals surface area contributed by atoms with Gasteiger partial charge in [0.25, 0.3) is 5.56 Å². The van der Waals surface area contributed by atoms with Crippen molar-refractivity contribution in [1.29, 1.82) is 0 Å². The molecule has 2 aromatic heterocycles. The third-order valence-corrected chi connectivity index (χ3v) is 4.90. The minimum Gasteiger partial charge on any atom is -0.381 e. The van der Waals surface area contributed by atoms with Crippen LogP contribution in [0.3, 0.4) is 0 Å². The highest BCUT2D eigenvalue weighted by atomic mass is 16.5. The Balaban J connectivity index is 1.79. The molecule has 0 saturated carbocycles. The van der Waals surface area contributed by atoms with Crippen molar-refractivity contribution in [2.24, 2.45) is 5.92 Å². The van der Waals surface area contributed by atoms with Gasteiger partial charge in [0, 0.05) is 31.6 Å². The van der Waals surface area contributed by atoms with Crippen LogP contribution < -0.4 is 10.9 Å². The number of hydrogen-bond acceptors (Lipinski definition) is 5. The first-order valence-electron chi connectivity index (χ1n) is 8.00. The minimum atomic E-state index is -0.102. The maximum Gasteiger partial charge on any atom is 0.276 e.